The Morgan fingerprint density at radius 2 is 2.33 bits per heavy atom. The van der Waals surface area contributed by atoms with Gasteiger partial charge in [0.1, 0.15) is 0 Å². The molecule has 4 nitrogen and oxygen atoms in total. The molecule has 1 amide bonds. The first-order valence-electron chi connectivity index (χ1n) is 6.64. The summed E-state index contributed by atoms with van der Waals surface area (Å²) in [5, 5.41) is 10.0. The predicted molar refractivity (Wildman–Crippen MR) is 85.2 cm³/mol. The van der Waals surface area contributed by atoms with E-state index >= 15 is 0 Å². The number of hydrogen-bond acceptors (Lipinski definition) is 4. The summed E-state index contributed by atoms with van der Waals surface area (Å²) in [6.07, 6.45) is -0.297. The van der Waals surface area contributed by atoms with Crippen LogP contribution in [0.4, 0.5) is 0 Å². The lowest BCUT2D eigenvalue weighted by Crippen LogP contribution is -2.49. The molecule has 1 N–H and O–H groups in total. The Balaban J connectivity index is 2.00. The Morgan fingerprint density at radius 3 is 3.05 bits per heavy atom. The number of morpholine rings is 1. The maximum Gasteiger partial charge on any atom is 0.235 e. The molecule has 1 aromatic rings. The highest BCUT2D eigenvalue weighted by Gasteiger charge is 2.27. The minimum Gasteiger partial charge on any atom is -0.394 e. The van der Waals surface area contributed by atoms with Crippen molar-refractivity contribution in [1.82, 2.24) is 4.90 Å². The van der Waals surface area contributed by atoms with Gasteiger partial charge in [0.15, 0.2) is 0 Å². The molecule has 1 aliphatic heterocycles. The maximum absolute atomic E-state index is 12.5. The van der Waals surface area contributed by atoms with Gasteiger partial charge in [0.25, 0.3) is 0 Å². The molecule has 0 aromatic heterocycles. The molecule has 0 radical (unpaired) electrons. The van der Waals surface area contributed by atoms with Gasteiger partial charge in [0, 0.05) is 23.0 Å². The van der Waals surface area contributed by atoms with Crippen LogP contribution < -0.4 is 0 Å². The van der Waals surface area contributed by atoms with Crippen LogP contribution >= 0.6 is 35.0 Å². The fraction of sp³-hybridized carbons (Fsp3) is 0.500. The Kier molecular flexibility index (Phi) is 6.20. The Hall–Kier alpha value is -0.460. The third-order valence-corrected chi connectivity index (χ3v) is 5.02. The molecule has 116 valence electrons. The van der Waals surface area contributed by atoms with Gasteiger partial charge in [-0.25, -0.2) is 0 Å². The van der Waals surface area contributed by atoms with E-state index < -0.39 is 0 Å². The second-order valence-corrected chi connectivity index (χ2v) is 7.02. The van der Waals surface area contributed by atoms with Crippen LogP contribution in [0.2, 0.25) is 10.0 Å². The number of hydrogen-bond donors (Lipinski definition) is 1. The van der Waals surface area contributed by atoms with Gasteiger partial charge >= 0.3 is 0 Å². The van der Waals surface area contributed by atoms with Crippen LogP contribution in [0.3, 0.4) is 0 Å². The van der Waals surface area contributed by atoms with E-state index in [0.717, 1.165) is 4.90 Å². The van der Waals surface area contributed by atoms with Crippen LogP contribution in [0.25, 0.3) is 0 Å². The SMILES string of the molecule is C[C@@H](Sc1cc(Cl)ccc1Cl)C(=O)N1CCO[C@H](CO)C1. The summed E-state index contributed by atoms with van der Waals surface area (Å²) in [7, 11) is 0. The minimum absolute atomic E-state index is 0.0118. The van der Waals surface area contributed by atoms with Crippen molar-refractivity contribution in [3.05, 3.63) is 28.2 Å². The van der Waals surface area contributed by atoms with Gasteiger partial charge in [-0.2, -0.15) is 0 Å². The highest BCUT2D eigenvalue weighted by Crippen LogP contribution is 2.33. The predicted octanol–water partition coefficient (Wildman–Crippen LogP) is 2.69. The summed E-state index contributed by atoms with van der Waals surface area (Å²) in [4.78, 5) is 15.0. The molecule has 1 saturated heterocycles. The number of amides is 1. The quantitative estimate of drug-likeness (QED) is 0.849. The van der Waals surface area contributed by atoms with Crippen LogP contribution in [0, 0.1) is 0 Å². The average Bonchev–Trinajstić information content (AvgIpc) is 2.50. The zero-order valence-electron chi connectivity index (χ0n) is 11.6. The van der Waals surface area contributed by atoms with E-state index in [9.17, 15) is 4.79 Å². The largest absolute Gasteiger partial charge is 0.394 e. The van der Waals surface area contributed by atoms with Crippen LogP contribution in [0.5, 0.6) is 0 Å². The van der Waals surface area contributed by atoms with Crippen LogP contribution in [-0.4, -0.2) is 53.6 Å². The van der Waals surface area contributed by atoms with Crippen molar-refractivity contribution >= 4 is 40.9 Å². The van der Waals surface area contributed by atoms with Gasteiger partial charge < -0.3 is 14.7 Å². The number of carbonyl (C=O) groups excluding carboxylic acids is 1. The van der Waals surface area contributed by atoms with Crippen molar-refractivity contribution in [2.75, 3.05) is 26.3 Å². The van der Waals surface area contributed by atoms with Crippen molar-refractivity contribution in [2.45, 2.75) is 23.2 Å². The monoisotopic (exact) mass is 349 g/mol. The molecule has 21 heavy (non-hydrogen) atoms. The van der Waals surface area contributed by atoms with E-state index in [2.05, 4.69) is 0 Å². The number of benzene rings is 1. The number of aliphatic hydroxyl groups is 1. The van der Waals surface area contributed by atoms with Gasteiger partial charge in [-0.1, -0.05) is 23.2 Å². The van der Waals surface area contributed by atoms with Gasteiger partial charge in [-0.15, -0.1) is 11.8 Å². The molecule has 1 aromatic carbocycles. The van der Waals surface area contributed by atoms with E-state index in [1.165, 1.54) is 11.8 Å². The molecule has 1 heterocycles. The van der Waals surface area contributed by atoms with Gasteiger partial charge in [-0.05, 0) is 25.1 Å². The van der Waals surface area contributed by atoms with E-state index in [1.807, 2.05) is 6.92 Å². The second-order valence-electron chi connectivity index (χ2n) is 4.79. The topological polar surface area (TPSA) is 49.8 Å². The number of thioether (sulfide) groups is 1. The van der Waals surface area contributed by atoms with Crippen molar-refractivity contribution < 1.29 is 14.6 Å². The first kappa shape index (κ1) is 16.9. The third kappa shape index (κ3) is 4.50. The fourth-order valence-electron chi connectivity index (χ4n) is 2.10. The Labute approximate surface area is 138 Å². The van der Waals surface area contributed by atoms with Crippen molar-refractivity contribution in [1.29, 1.82) is 0 Å². The summed E-state index contributed by atoms with van der Waals surface area (Å²) in [6.45, 7) is 3.18. The number of nitrogens with zero attached hydrogens (tertiary/aromatic N) is 1. The molecule has 0 saturated carbocycles. The Morgan fingerprint density at radius 1 is 1.57 bits per heavy atom. The molecule has 2 rings (SSSR count). The molecular formula is C14H17Cl2NO3S. The first-order valence-corrected chi connectivity index (χ1v) is 8.27. The van der Waals surface area contributed by atoms with E-state index in [4.69, 9.17) is 33.0 Å². The fourth-order valence-corrected chi connectivity index (χ4v) is 3.59. The average molecular weight is 350 g/mol. The molecule has 7 heteroatoms. The normalized spacial score (nSPS) is 20.4. The van der Waals surface area contributed by atoms with Crippen LogP contribution in [0.1, 0.15) is 6.92 Å². The molecule has 1 fully saturated rings. The molecule has 0 spiro atoms. The molecule has 0 aliphatic carbocycles. The summed E-state index contributed by atoms with van der Waals surface area (Å²) in [6, 6.07) is 5.20. The second kappa shape index (κ2) is 7.70. The first-order chi connectivity index (χ1) is 10.0. The lowest BCUT2D eigenvalue weighted by Gasteiger charge is -2.33. The van der Waals surface area contributed by atoms with Crippen molar-refractivity contribution in [3.63, 3.8) is 0 Å². The molecule has 0 bridgehead atoms. The molecule has 1 aliphatic rings. The standard InChI is InChI=1S/C14H17Cl2NO3S/c1-9(21-13-6-10(15)2-3-12(13)16)14(19)17-4-5-20-11(7-17)8-18/h2-3,6,9,11,18H,4-5,7-8H2,1H3/t9-,11+/m1/s1. The number of carbonyl (C=O) groups is 1. The highest BCUT2D eigenvalue weighted by atomic mass is 35.5. The van der Waals surface area contributed by atoms with E-state index in [-0.39, 0.29) is 23.9 Å². The molecule has 0 unspecified atom stereocenters. The van der Waals surface area contributed by atoms with Crippen molar-refractivity contribution in [2.24, 2.45) is 0 Å². The molecule has 2 atom stereocenters. The van der Waals surface area contributed by atoms with Gasteiger partial charge in [0.2, 0.25) is 5.91 Å². The van der Waals surface area contributed by atoms with E-state index in [0.29, 0.717) is 29.7 Å². The lowest BCUT2D eigenvalue weighted by molar-refractivity contribution is -0.139. The van der Waals surface area contributed by atoms with Gasteiger partial charge in [-0.3, -0.25) is 4.79 Å². The zero-order chi connectivity index (χ0) is 15.4. The van der Waals surface area contributed by atoms with Crippen LogP contribution in [0.15, 0.2) is 23.1 Å². The summed E-state index contributed by atoms with van der Waals surface area (Å²) >= 11 is 13.5. The van der Waals surface area contributed by atoms with E-state index in [1.54, 1.807) is 23.1 Å². The van der Waals surface area contributed by atoms with Crippen molar-refractivity contribution in [3.8, 4) is 0 Å². The Bertz CT molecular complexity index is 515. The number of aliphatic hydroxyl groups excluding tert-OH is 1. The number of ether oxygens (including phenoxy) is 1. The summed E-state index contributed by atoms with van der Waals surface area (Å²) in [5.74, 6) is 0.0118. The summed E-state index contributed by atoms with van der Waals surface area (Å²) in [5.41, 5.74) is 0. The maximum atomic E-state index is 12.5. The zero-order valence-corrected chi connectivity index (χ0v) is 13.9. The number of halogens is 2. The van der Waals surface area contributed by atoms with Crippen LogP contribution in [-0.2, 0) is 9.53 Å². The minimum atomic E-state index is -0.297. The smallest absolute Gasteiger partial charge is 0.235 e. The number of rotatable bonds is 4. The summed E-state index contributed by atoms with van der Waals surface area (Å²) < 4.78 is 5.35. The molecular weight excluding hydrogens is 333 g/mol. The van der Waals surface area contributed by atoms with Gasteiger partial charge in [0.05, 0.1) is 29.6 Å². The third-order valence-electron chi connectivity index (χ3n) is 3.20. The highest BCUT2D eigenvalue weighted by molar-refractivity contribution is 8.00. The lowest BCUT2D eigenvalue weighted by atomic mass is 10.2.